The van der Waals surface area contributed by atoms with Crippen LogP contribution in [0.3, 0.4) is 0 Å². The molecule has 1 heterocycles. The van der Waals surface area contributed by atoms with Gasteiger partial charge in [-0.3, -0.25) is 9.79 Å². The molecule has 2 aliphatic rings. The molecule has 102 valence electrons. The van der Waals surface area contributed by atoms with Gasteiger partial charge in [0.2, 0.25) is 5.91 Å². The van der Waals surface area contributed by atoms with Gasteiger partial charge in [0.25, 0.3) is 0 Å². The molecule has 0 bridgehead atoms. The molecular weight excluding hydrogens is 248 g/mol. The predicted molar refractivity (Wildman–Crippen MR) is 82.2 cm³/mol. The van der Waals surface area contributed by atoms with E-state index in [1.165, 1.54) is 36.5 Å². The minimum Gasteiger partial charge on any atom is -0.323 e. The molecular formula is C17H18N2O. The number of aliphatic imine (C=N–C) groups is 1. The summed E-state index contributed by atoms with van der Waals surface area (Å²) in [6, 6.07) is 7.90. The van der Waals surface area contributed by atoms with Gasteiger partial charge in [0.1, 0.15) is 0 Å². The Morgan fingerprint density at radius 1 is 1.30 bits per heavy atom. The van der Waals surface area contributed by atoms with E-state index < -0.39 is 0 Å². The quantitative estimate of drug-likeness (QED) is 0.836. The summed E-state index contributed by atoms with van der Waals surface area (Å²) in [6.07, 6.45) is 6.15. The van der Waals surface area contributed by atoms with Gasteiger partial charge in [-0.05, 0) is 55.0 Å². The van der Waals surface area contributed by atoms with Crippen LogP contribution in [-0.4, -0.2) is 18.2 Å². The van der Waals surface area contributed by atoms with E-state index in [2.05, 4.69) is 18.0 Å². The van der Waals surface area contributed by atoms with Gasteiger partial charge in [-0.1, -0.05) is 18.7 Å². The molecule has 1 aromatic carbocycles. The van der Waals surface area contributed by atoms with Gasteiger partial charge in [-0.2, -0.15) is 0 Å². The number of hydrogen-bond acceptors (Lipinski definition) is 2. The average Bonchev–Trinajstić information content (AvgIpc) is 2.91. The molecule has 0 fully saturated rings. The fraction of sp³-hybridized carbons (Fsp3) is 0.294. The molecule has 0 spiro atoms. The van der Waals surface area contributed by atoms with Crippen molar-refractivity contribution in [1.29, 1.82) is 0 Å². The number of amides is 1. The van der Waals surface area contributed by atoms with Crippen molar-refractivity contribution in [2.75, 3.05) is 11.9 Å². The molecule has 1 N–H and O–H groups in total. The second kappa shape index (κ2) is 5.45. The number of anilines is 1. The van der Waals surface area contributed by atoms with Gasteiger partial charge in [0, 0.05) is 11.3 Å². The summed E-state index contributed by atoms with van der Waals surface area (Å²) in [5.41, 5.74) is 5.95. The van der Waals surface area contributed by atoms with Gasteiger partial charge >= 0.3 is 0 Å². The first-order valence-corrected chi connectivity index (χ1v) is 7.07. The second-order valence-electron chi connectivity index (χ2n) is 5.23. The van der Waals surface area contributed by atoms with E-state index in [0.29, 0.717) is 0 Å². The Morgan fingerprint density at radius 3 is 3.00 bits per heavy atom. The third kappa shape index (κ3) is 2.44. The van der Waals surface area contributed by atoms with Crippen LogP contribution in [0.15, 0.2) is 53.1 Å². The van der Waals surface area contributed by atoms with Crippen molar-refractivity contribution in [3.05, 3.63) is 53.6 Å². The van der Waals surface area contributed by atoms with Gasteiger partial charge in [-0.15, -0.1) is 0 Å². The normalized spacial score (nSPS) is 17.5. The van der Waals surface area contributed by atoms with Crippen LogP contribution in [0.4, 0.5) is 5.69 Å². The molecule has 3 rings (SSSR count). The molecule has 0 aromatic heterocycles. The number of nitrogens with one attached hydrogen (secondary N) is 1. The molecule has 1 aliphatic carbocycles. The fourth-order valence-corrected chi connectivity index (χ4v) is 2.90. The maximum absolute atomic E-state index is 11.4. The zero-order chi connectivity index (χ0) is 13.9. The molecule has 3 heteroatoms. The number of carbonyl (C=O) groups is 1. The van der Waals surface area contributed by atoms with E-state index in [9.17, 15) is 4.79 Å². The minimum absolute atomic E-state index is 0.187. The van der Waals surface area contributed by atoms with Gasteiger partial charge in [0.05, 0.1) is 12.3 Å². The first-order valence-electron chi connectivity index (χ1n) is 7.07. The van der Waals surface area contributed by atoms with Crippen LogP contribution in [-0.2, 0) is 4.79 Å². The lowest BCUT2D eigenvalue weighted by Crippen LogP contribution is -2.10. The smallest absolute Gasteiger partial charge is 0.247 e. The van der Waals surface area contributed by atoms with Crippen LogP contribution in [0.1, 0.15) is 31.2 Å². The highest BCUT2D eigenvalue weighted by Gasteiger charge is 2.23. The van der Waals surface area contributed by atoms with Crippen molar-refractivity contribution in [3.8, 4) is 0 Å². The fourth-order valence-electron chi connectivity index (χ4n) is 2.90. The third-order valence-electron chi connectivity index (χ3n) is 3.88. The Kier molecular flexibility index (Phi) is 3.50. The summed E-state index contributed by atoms with van der Waals surface area (Å²) in [5, 5.41) is 2.80. The first-order chi connectivity index (χ1) is 9.78. The molecule has 20 heavy (non-hydrogen) atoms. The van der Waals surface area contributed by atoms with Gasteiger partial charge in [-0.25, -0.2) is 0 Å². The van der Waals surface area contributed by atoms with E-state index in [-0.39, 0.29) is 5.91 Å². The number of hydrogen-bond donors (Lipinski definition) is 1. The SMILES string of the molecule is C=CC(=O)Nc1cccc(C2=NCC3=C2CCCC3)c1. The Hall–Kier alpha value is -2.16. The van der Waals surface area contributed by atoms with Crippen LogP contribution >= 0.6 is 0 Å². The summed E-state index contributed by atoms with van der Waals surface area (Å²) in [4.78, 5) is 16.1. The van der Waals surface area contributed by atoms with Crippen molar-refractivity contribution in [2.24, 2.45) is 4.99 Å². The largest absolute Gasteiger partial charge is 0.323 e. The van der Waals surface area contributed by atoms with Crippen LogP contribution in [0.2, 0.25) is 0 Å². The lowest BCUT2D eigenvalue weighted by atomic mass is 9.88. The molecule has 0 atom stereocenters. The highest BCUT2D eigenvalue weighted by molar-refractivity contribution is 6.15. The summed E-state index contributed by atoms with van der Waals surface area (Å²) in [7, 11) is 0. The number of nitrogens with zero attached hydrogens (tertiary/aromatic N) is 1. The number of carbonyl (C=O) groups excluding carboxylic acids is 1. The number of allylic oxidation sites excluding steroid dienone is 1. The monoisotopic (exact) mass is 266 g/mol. The van der Waals surface area contributed by atoms with Crippen molar-refractivity contribution in [1.82, 2.24) is 0 Å². The molecule has 1 aromatic rings. The molecule has 0 saturated heterocycles. The molecule has 0 saturated carbocycles. The van der Waals surface area contributed by atoms with Gasteiger partial charge < -0.3 is 5.32 Å². The Morgan fingerprint density at radius 2 is 2.15 bits per heavy atom. The summed E-state index contributed by atoms with van der Waals surface area (Å²) < 4.78 is 0. The predicted octanol–water partition coefficient (Wildman–Crippen LogP) is 3.48. The summed E-state index contributed by atoms with van der Waals surface area (Å²) in [6.45, 7) is 4.32. The second-order valence-corrected chi connectivity index (χ2v) is 5.23. The zero-order valence-electron chi connectivity index (χ0n) is 11.5. The van der Waals surface area contributed by atoms with E-state index in [1.807, 2.05) is 18.2 Å². The lowest BCUT2D eigenvalue weighted by molar-refractivity contribution is -0.111. The van der Waals surface area contributed by atoms with Crippen LogP contribution in [0.5, 0.6) is 0 Å². The van der Waals surface area contributed by atoms with Crippen LogP contribution in [0, 0.1) is 0 Å². The van der Waals surface area contributed by atoms with E-state index in [1.54, 1.807) is 0 Å². The maximum Gasteiger partial charge on any atom is 0.247 e. The number of benzene rings is 1. The van der Waals surface area contributed by atoms with Crippen LogP contribution < -0.4 is 5.32 Å². The highest BCUT2D eigenvalue weighted by Crippen LogP contribution is 2.32. The van der Waals surface area contributed by atoms with Crippen molar-refractivity contribution < 1.29 is 4.79 Å². The maximum atomic E-state index is 11.4. The molecule has 3 nitrogen and oxygen atoms in total. The molecule has 1 amide bonds. The molecule has 0 unspecified atom stereocenters. The average molecular weight is 266 g/mol. The Bertz CT molecular complexity index is 626. The zero-order valence-corrected chi connectivity index (χ0v) is 11.5. The van der Waals surface area contributed by atoms with Gasteiger partial charge in [0.15, 0.2) is 0 Å². The van der Waals surface area contributed by atoms with E-state index in [0.717, 1.165) is 29.9 Å². The van der Waals surface area contributed by atoms with Crippen molar-refractivity contribution in [2.45, 2.75) is 25.7 Å². The molecule has 1 aliphatic heterocycles. The van der Waals surface area contributed by atoms with E-state index in [4.69, 9.17) is 4.99 Å². The Labute approximate surface area is 119 Å². The third-order valence-corrected chi connectivity index (χ3v) is 3.88. The van der Waals surface area contributed by atoms with Crippen molar-refractivity contribution >= 4 is 17.3 Å². The van der Waals surface area contributed by atoms with Crippen LogP contribution in [0.25, 0.3) is 0 Å². The minimum atomic E-state index is -0.187. The summed E-state index contributed by atoms with van der Waals surface area (Å²) >= 11 is 0. The lowest BCUT2D eigenvalue weighted by Gasteiger charge is -2.15. The van der Waals surface area contributed by atoms with E-state index >= 15 is 0 Å². The topological polar surface area (TPSA) is 41.5 Å². The number of rotatable bonds is 3. The molecule has 0 radical (unpaired) electrons. The summed E-state index contributed by atoms with van der Waals surface area (Å²) in [5.74, 6) is -0.187. The first kappa shape index (κ1) is 12.9. The standard InChI is InChI=1S/C17H18N2O/c1-2-16(20)19-14-8-5-7-12(10-14)17-15-9-4-3-6-13(15)11-18-17/h2,5,7-8,10H,1,3-4,6,9,11H2,(H,19,20). The van der Waals surface area contributed by atoms with Crippen molar-refractivity contribution in [3.63, 3.8) is 0 Å². The Balaban J connectivity index is 1.88. The highest BCUT2D eigenvalue weighted by atomic mass is 16.1.